The summed E-state index contributed by atoms with van der Waals surface area (Å²) in [4.78, 5) is 2.42. The average Bonchev–Trinajstić information content (AvgIpc) is 2.14. The molecule has 2 heterocycles. The Kier molecular flexibility index (Phi) is 3.00. The number of nitrogens with zero attached hydrogens (tertiary/aromatic N) is 1. The average molecular weight is 241 g/mol. The van der Waals surface area contributed by atoms with Crippen molar-refractivity contribution in [3.63, 3.8) is 0 Å². The van der Waals surface area contributed by atoms with Crippen LogP contribution in [0, 0.1) is 5.41 Å². The van der Waals surface area contributed by atoms with Crippen LogP contribution < -0.4 is 15.0 Å². The zero-order chi connectivity index (χ0) is 10.3. The summed E-state index contributed by atoms with van der Waals surface area (Å²) >= 11 is 0. The molecule has 4 heteroatoms. The fraction of sp³-hybridized carbons (Fsp3) is 0.500. The fourth-order valence-electron chi connectivity index (χ4n) is 2.46. The molecule has 3 nitrogen and oxygen atoms in total. The highest BCUT2D eigenvalue weighted by molar-refractivity contribution is 5.85. The van der Waals surface area contributed by atoms with Crippen LogP contribution in [0.15, 0.2) is 24.3 Å². The van der Waals surface area contributed by atoms with Crippen LogP contribution in [0.3, 0.4) is 0 Å². The lowest BCUT2D eigenvalue weighted by Crippen LogP contribution is -2.71. The number of anilines is 1. The first kappa shape index (κ1) is 11.6. The first-order valence-electron chi connectivity index (χ1n) is 5.41. The topological polar surface area (TPSA) is 24.5 Å². The van der Waals surface area contributed by atoms with Gasteiger partial charge >= 0.3 is 0 Å². The molecule has 0 unspecified atom stereocenters. The second-order valence-electron chi connectivity index (χ2n) is 4.66. The fourth-order valence-corrected chi connectivity index (χ4v) is 2.46. The molecule has 1 N–H and O–H groups in total. The minimum atomic E-state index is 0. The highest BCUT2D eigenvalue weighted by Crippen LogP contribution is 2.38. The van der Waals surface area contributed by atoms with E-state index in [0.29, 0.717) is 5.41 Å². The molecular weight excluding hydrogens is 224 g/mol. The summed E-state index contributed by atoms with van der Waals surface area (Å²) in [5, 5.41) is 3.35. The minimum absolute atomic E-state index is 0. The van der Waals surface area contributed by atoms with Gasteiger partial charge in [-0.1, -0.05) is 6.07 Å². The van der Waals surface area contributed by atoms with E-state index in [1.165, 1.54) is 31.9 Å². The van der Waals surface area contributed by atoms with Gasteiger partial charge < -0.3 is 15.0 Å². The summed E-state index contributed by atoms with van der Waals surface area (Å²) < 4.78 is 5.23. The lowest BCUT2D eigenvalue weighted by molar-refractivity contribution is 0.121. The van der Waals surface area contributed by atoms with Crippen LogP contribution in [0.4, 0.5) is 5.69 Å². The number of halogens is 1. The first-order chi connectivity index (χ1) is 7.31. The quantitative estimate of drug-likeness (QED) is 0.849. The molecule has 2 fully saturated rings. The van der Waals surface area contributed by atoms with Crippen molar-refractivity contribution in [3.05, 3.63) is 24.3 Å². The third kappa shape index (κ3) is 1.74. The molecule has 2 aliphatic rings. The van der Waals surface area contributed by atoms with Gasteiger partial charge in [-0.15, -0.1) is 12.4 Å². The van der Waals surface area contributed by atoms with Gasteiger partial charge in [-0.3, -0.25) is 0 Å². The number of methoxy groups -OCH3 is 1. The molecule has 0 aromatic heterocycles. The van der Waals surface area contributed by atoms with Gasteiger partial charge in [0.2, 0.25) is 0 Å². The molecule has 0 saturated carbocycles. The van der Waals surface area contributed by atoms with E-state index in [-0.39, 0.29) is 12.4 Å². The summed E-state index contributed by atoms with van der Waals surface area (Å²) in [6.45, 7) is 4.75. The summed E-state index contributed by atoms with van der Waals surface area (Å²) in [5.41, 5.74) is 1.87. The third-order valence-corrected chi connectivity index (χ3v) is 3.47. The minimum Gasteiger partial charge on any atom is -0.497 e. The van der Waals surface area contributed by atoms with Gasteiger partial charge in [0.1, 0.15) is 5.75 Å². The highest BCUT2D eigenvalue weighted by Gasteiger charge is 2.47. The van der Waals surface area contributed by atoms with Gasteiger partial charge in [0, 0.05) is 43.3 Å². The van der Waals surface area contributed by atoms with Gasteiger partial charge in [0.25, 0.3) is 0 Å². The molecule has 16 heavy (non-hydrogen) atoms. The van der Waals surface area contributed by atoms with Crippen molar-refractivity contribution >= 4 is 18.1 Å². The first-order valence-corrected chi connectivity index (χ1v) is 5.41. The Morgan fingerprint density at radius 1 is 1.31 bits per heavy atom. The Labute approximate surface area is 102 Å². The molecule has 0 bridgehead atoms. The van der Waals surface area contributed by atoms with Gasteiger partial charge in [0.05, 0.1) is 7.11 Å². The SMILES string of the molecule is COc1cccc(N2CC3(CNC3)C2)c1.Cl. The summed E-state index contributed by atoms with van der Waals surface area (Å²) in [6, 6.07) is 8.31. The Morgan fingerprint density at radius 2 is 2.06 bits per heavy atom. The van der Waals surface area contributed by atoms with Crippen molar-refractivity contribution in [2.45, 2.75) is 0 Å². The van der Waals surface area contributed by atoms with E-state index in [1.54, 1.807) is 7.11 Å². The number of benzene rings is 1. The Hall–Kier alpha value is -0.930. The highest BCUT2D eigenvalue weighted by atomic mass is 35.5. The molecule has 0 atom stereocenters. The predicted octanol–water partition coefficient (Wildman–Crippen LogP) is 1.53. The lowest BCUT2D eigenvalue weighted by atomic mass is 9.74. The van der Waals surface area contributed by atoms with Crippen LogP contribution in [-0.2, 0) is 0 Å². The van der Waals surface area contributed by atoms with E-state index < -0.39 is 0 Å². The van der Waals surface area contributed by atoms with E-state index in [9.17, 15) is 0 Å². The third-order valence-electron chi connectivity index (χ3n) is 3.47. The molecule has 0 aliphatic carbocycles. The normalized spacial score (nSPS) is 20.7. The maximum Gasteiger partial charge on any atom is 0.120 e. The van der Waals surface area contributed by atoms with E-state index >= 15 is 0 Å². The molecule has 3 rings (SSSR count). The number of hydrogen-bond acceptors (Lipinski definition) is 3. The van der Waals surface area contributed by atoms with Crippen molar-refractivity contribution in [2.75, 3.05) is 38.2 Å². The number of hydrogen-bond donors (Lipinski definition) is 1. The van der Waals surface area contributed by atoms with E-state index in [1.807, 2.05) is 6.07 Å². The second kappa shape index (κ2) is 4.15. The van der Waals surface area contributed by atoms with Crippen LogP contribution in [0.5, 0.6) is 5.75 Å². The zero-order valence-corrected chi connectivity index (χ0v) is 10.2. The molecule has 0 amide bonds. The van der Waals surface area contributed by atoms with Crippen molar-refractivity contribution in [1.82, 2.24) is 5.32 Å². The van der Waals surface area contributed by atoms with Crippen molar-refractivity contribution in [1.29, 1.82) is 0 Å². The van der Waals surface area contributed by atoms with Gasteiger partial charge in [-0.05, 0) is 12.1 Å². The van der Waals surface area contributed by atoms with E-state index in [4.69, 9.17) is 4.74 Å². The molecule has 2 aliphatic heterocycles. The second-order valence-corrected chi connectivity index (χ2v) is 4.66. The van der Waals surface area contributed by atoms with E-state index in [0.717, 1.165) is 5.75 Å². The van der Waals surface area contributed by atoms with Crippen LogP contribution >= 0.6 is 12.4 Å². The number of nitrogens with one attached hydrogen (secondary N) is 1. The van der Waals surface area contributed by atoms with Gasteiger partial charge in [-0.25, -0.2) is 0 Å². The van der Waals surface area contributed by atoms with Crippen LogP contribution in [0.2, 0.25) is 0 Å². The maximum atomic E-state index is 5.23. The van der Waals surface area contributed by atoms with Crippen molar-refractivity contribution in [3.8, 4) is 5.75 Å². The van der Waals surface area contributed by atoms with Crippen LogP contribution in [0.25, 0.3) is 0 Å². The predicted molar refractivity (Wildman–Crippen MR) is 67.8 cm³/mol. The monoisotopic (exact) mass is 240 g/mol. The summed E-state index contributed by atoms with van der Waals surface area (Å²) in [7, 11) is 1.71. The van der Waals surface area contributed by atoms with Gasteiger partial charge in [0.15, 0.2) is 0 Å². The lowest BCUT2D eigenvalue weighted by Gasteiger charge is -2.57. The van der Waals surface area contributed by atoms with Gasteiger partial charge in [-0.2, -0.15) is 0 Å². The molecule has 88 valence electrons. The van der Waals surface area contributed by atoms with Crippen LogP contribution in [-0.4, -0.2) is 33.3 Å². The Morgan fingerprint density at radius 3 is 2.62 bits per heavy atom. The van der Waals surface area contributed by atoms with Crippen molar-refractivity contribution < 1.29 is 4.74 Å². The van der Waals surface area contributed by atoms with Crippen LogP contribution in [0.1, 0.15) is 0 Å². The molecule has 1 spiro atoms. The van der Waals surface area contributed by atoms with E-state index in [2.05, 4.69) is 28.4 Å². The van der Waals surface area contributed by atoms with Crippen molar-refractivity contribution in [2.24, 2.45) is 5.41 Å². The number of rotatable bonds is 2. The summed E-state index contributed by atoms with van der Waals surface area (Å²) in [6.07, 6.45) is 0. The largest absolute Gasteiger partial charge is 0.497 e. The molecule has 1 aromatic carbocycles. The maximum absolute atomic E-state index is 5.23. The molecule has 0 radical (unpaired) electrons. The zero-order valence-electron chi connectivity index (χ0n) is 9.40. The summed E-state index contributed by atoms with van der Waals surface area (Å²) in [5.74, 6) is 0.945. The standard InChI is InChI=1S/C12H16N2O.ClH/c1-15-11-4-2-3-10(5-11)14-8-12(9-14)6-13-7-12;/h2-5,13H,6-9H2,1H3;1H. The number of ether oxygens (including phenoxy) is 1. The molecule has 2 saturated heterocycles. The molecular formula is C12H17ClN2O. The smallest absolute Gasteiger partial charge is 0.120 e. The Balaban J connectivity index is 0.000000963. The Bertz CT molecular complexity index is 371. The molecule has 1 aromatic rings.